The van der Waals surface area contributed by atoms with Crippen molar-refractivity contribution in [3.63, 3.8) is 0 Å². The van der Waals surface area contributed by atoms with Crippen LogP contribution in [-0.4, -0.2) is 23.9 Å². The summed E-state index contributed by atoms with van der Waals surface area (Å²) in [6.45, 7) is 4.92. The van der Waals surface area contributed by atoms with Crippen LogP contribution in [0.1, 0.15) is 25.3 Å². The van der Waals surface area contributed by atoms with E-state index in [1.54, 1.807) is 0 Å². The molecule has 0 saturated carbocycles. The number of nitrogens with two attached hydrogens (primary N) is 1. The summed E-state index contributed by atoms with van der Waals surface area (Å²) in [5.74, 6) is 1.46. The zero-order valence-electron chi connectivity index (χ0n) is 10.8. The van der Waals surface area contributed by atoms with Crippen LogP contribution >= 0.6 is 11.6 Å². The largest absolute Gasteiger partial charge is 0.370 e. The number of hydrogen-bond donors (Lipinski definition) is 1. The monoisotopic (exact) mass is 265 g/mol. The molecule has 98 valence electrons. The fourth-order valence-corrected chi connectivity index (χ4v) is 2.36. The van der Waals surface area contributed by atoms with Gasteiger partial charge < -0.3 is 10.6 Å². The van der Waals surface area contributed by atoms with E-state index in [9.17, 15) is 0 Å². The third-order valence-electron chi connectivity index (χ3n) is 3.42. The minimum absolute atomic E-state index is 0.596. The molecule has 0 aliphatic carbocycles. The van der Waals surface area contributed by atoms with E-state index in [2.05, 4.69) is 16.8 Å². The van der Waals surface area contributed by atoms with Crippen LogP contribution in [0.2, 0.25) is 5.02 Å². The van der Waals surface area contributed by atoms with Crippen LogP contribution in [0.15, 0.2) is 29.3 Å². The second-order valence-electron chi connectivity index (χ2n) is 4.97. The Morgan fingerprint density at radius 3 is 2.83 bits per heavy atom. The van der Waals surface area contributed by atoms with Crippen LogP contribution in [0.4, 0.5) is 0 Å². The topological polar surface area (TPSA) is 41.6 Å². The lowest BCUT2D eigenvalue weighted by atomic mass is 10.00. The molecule has 2 N–H and O–H groups in total. The predicted octanol–water partition coefficient (Wildman–Crippen LogP) is 2.89. The average molecular weight is 266 g/mol. The molecule has 1 aliphatic rings. The molecule has 1 aromatic rings. The first-order valence-corrected chi connectivity index (χ1v) is 6.82. The van der Waals surface area contributed by atoms with Crippen molar-refractivity contribution in [2.75, 3.05) is 13.1 Å². The van der Waals surface area contributed by atoms with E-state index in [-0.39, 0.29) is 0 Å². The summed E-state index contributed by atoms with van der Waals surface area (Å²) in [6, 6.07) is 7.74. The van der Waals surface area contributed by atoms with E-state index in [0.29, 0.717) is 12.5 Å². The zero-order valence-corrected chi connectivity index (χ0v) is 11.5. The average Bonchev–Trinajstić information content (AvgIpc) is 2.37. The van der Waals surface area contributed by atoms with Gasteiger partial charge in [0.05, 0.1) is 6.54 Å². The van der Waals surface area contributed by atoms with Gasteiger partial charge in [-0.1, -0.05) is 30.7 Å². The van der Waals surface area contributed by atoms with E-state index in [4.69, 9.17) is 17.3 Å². The molecule has 2 rings (SSSR count). The highest BCUT2D eigenvalue weighted by Crippen LogP contribution is 2.16. The van der Waals surface area contributed by atoms with Crippen LogP contribution in [0.5, 0.6) is 0 Å². The van der Waals surface area contributed by atoms with Gasteiger partial charge in [0.2, 0.25) is 0 Å². The quantitative estimate of drug-likeness (QED) is 0.660. The third-order valence-corrected chi connectivity index (χ3v) is 3.66. The third kappa shape index (κ3) is 3.64. The van der Waals surface area contributed by atoms with Gasteiger partial charge in [-0.25, -0.2) is 4.99 Å². The van der Waals surface area contributed by atoms with Gasteiger partial charge in [-0.15, -0.1) is 0 Å². The second kappa shape index (κ2) is 6.10. The molecule has 18 heavy (non-hydrogen) atoms. The highest BCUT2D eigenvalue weighted by molar-refractivity contribution is 6.30. The maximum absolute atomic E-state index is 6.02. The lowest BCUT2D eigenvalue weighted by molar-refractivity contribution is 0.277. The molecule has 0 bridgehead atoms. The van der Waals surface area contributed by atoms with Crippen molar-refractivity contribution in [1.82, 2.24) is 4.90 Å². The first-order chi connectivity index (χ1) is 8.65. The first kappa shape index (κ1) is 13.2. The minimum Gasteiger partial charge on any atom is -0.370 e. The molecular weight excluding hydrogens is 246 g/mol. The molecule has 0 unspecified atom stereocenters. The lowest BCUT2D eigenvalue weighted by Gasteiger charge is -2.31. The molecule has 1 aliphatic heterocycles. The van der Waals surface area contributed by atoms with Crippen LogP contribution in [0, 0.1) is 5.92 Å². The predicted molar refractivity (Wildman–Crippen MR) is 76.7 cm³/mol. The van der Waals surface area contributed by atoms with Crippen molar-refractivity contribution in [1.29, 1.82) is 0 Å². The summed E-state index contributed by atoms with van der Waals surface area (Å²) in [5.41, 5.74) is 7.12. The van der Waals surface area contributed by atoms with Crippen molar-refractivity contribution in [3.8, 4) is 0 Å². The van der Waals surface area contributed by atoms with Crippen molar-refractivity contribution < 1.29 is 0 Å². The molecule has 0 amide bonds. The Balaban J connectivity index is 1.92. The standard InChI is InChI=1S/C14H20ClN3/c1-11-5-7-18(8-6-11)14(16)17-10-12-3-2-4-13(15)9-12/h2-4,9,11H,5-8,10H2,1H3,(H2,16,17). The number of likely N-dealkylation sites (tertiary alicyclic amines) is 1. The Morgan fingerprint density at radius 1 is 1.44 bits per heavy atom. The summed E-state index contributed by atoms with van der Waals surface area (Å²) >= 11 is 5.93. The van der Waals surface area contributed by atoms with Crippen LogP contribution in [0.25, 0.3) is 0 Å². The summed E-state index contributed by atoms with van der Waals surface area (Å²) < 4.78 is 0. The number of piperidine rings is 1. The zero-order chi connectivity index (χ0) is 13.0. The number of aliphatic imine (C=N–C) groups is 1. The van der Waals surface area contributed by atoms with E-state index in [1.165, 1.54) is 12.8 Å². The Morgan fingerprint density at radius 2 is 2.17 bits per heavy atom. The summed E-state index contributed by atoms with van der Waals surface area (Å²) in [7, 11) is 0. The maximum Gasteiger partial charge on any atom is 0.191 e. The Bertz CT molecular complexity index is 423. The molecule has 0 atom stereocenters. The summed E-state index contributed by atoms with van der Waals surface area (Å²) in [5, 5.41) is 0.744. The maximum atomic E-state index is 6.02. The molecule has 4 heteroatoms. The smallest absolute Gasteiger partial charge is 0.191 e. The number of halogens is 1. The fourth-order valence-electron chi connectivity index (χ4n) is 2.15. The van der Waals surface area contributed by atoms with Gasteiger partial charge in [-0.05, 0) is 36.5 Å². The lowest BCUT2D eigenvalue weighted by Crippen LogP contribution is -2.42. The van der Waals surface area contributed by atoms with Gasteiger partial charge >= 0.3 is 0 Å². The number of benzene rings is 1. The van der Waals surface area contributed by atoms with Crippen molar-refractivity contribution in [2.45, 2.75) is 26.3 Å². The highest BCUT2D eigenvalue weighted by Gasteiger charge is 2.16. The minimum atomic E-state index is 0.596. The first-order valence-electron chi connectivity index (χ1n) is 6.44. The SMILES string of the molecule is CC1CCN(C(N)=NCc2cccc(Cl)c2)CC1. The number of nitrogens with zero attached hydrogens (tertiary/aromatic N) is 2. The molecule has 1 fully saturated rings. The number of rotatable bonds is 2. The van der Waals surface area contributed by atoms with Gasteiger partial charge in [0, 0.05) is 18.1 Å². The molecule has 0 aromatic heterocycles. The molecule has 3 nitrogen and oxygen atoms in total. The van der Waals surface area contributed by atoms with Gasteiger partial charge in [-0.2, -0.15) is 0 Å². The van der Waals surface area contributed by atoms with E-state index in [0.717, 1.165) is 29.6 Å². The normalized spacial score (nSPS) is 18.1. The Hall–Kier alpha value is -1.22. The van der Waals surface area contributed by atoms with Crippen molar-refractivity contribution in [3.05, 3.63) is 34.9 Å². The number of hydrogen-bond acceptors (Lipinski definition) is 1. The van der Waals surface area contributed by atoms with Crippen molar-refractivity contribution >= 4 is 17.6 Å². The Labute approximate surface area is 114 Å². The number of guanidine groups is 1. The molecule has 0 spiro atoms. The van der Waals surface area contributed by atoms with Crippen LogP contribution in [-0.2, 0) is 6.54 Å². The van der Waals surface area contributed by atoms with Crippen LogP contribution < -0.4 is 5.73 Å². The van der Waals surface area contributed by atoms with E-state index < -0.39 is 0 Å². The fraction of sp³-hybridized carbons (Fsp3) is 0.500. The molecule has 0 radical (unpaired) electrons. The van der Waals surface area contributed by atoms with E-state index in [1.807, 2.05) is 24.3 Å². The van der Waals surface area contributed by atoms with Crippen LogP contribution in [0.3, 0.4) is 0 Å². The van der Waals surface area contributed by atoms with Crippen molar-refractivity contribution in [2.24, 2.45) is 16.6 Å². The highest BCUT2D eigenvalue weighted by atomic mass is 35.5. The molecule has 1 aromatic carbocycles. The summed E-state index contributed by atoms with van der Waals surface area (Å²) in [4.78, 5) is 6.62. The molecular formula is C14H20ClN3. The van der Waals surface area contributed by atoms with Gasteiger partial charge in [0.15, 0.2) is 5.96 Å². The Kier molecular flexibility index (Phi) is 4.48. The van der Waals surface area contributed by atoms with Gasteiger partial charge in [0.1, 0.15) is 0 Å². The van der Waals surface area contributed by atoms with Gasteiger partial charge in [0.25, 0.3) is 0 Å². The second-order valence-corrected chi connectivity index (χ2v) is 5.41. The molecule has 1 heterocycles. The summed E-state index contributed by atoms with van der Waals surface area (Å²) in [6.07, 6.45) is 2.40. The molecule has 1 saturated heterocycles. The van der Waals surface area contributed by atoms with E-state index >= 15 is 0 Å². The van der Waals surface area contributed by atoms with Gasteiger partial charge in [-0.3, -0.25) is 0 Å².